The maximum absolute atomic E-state index is 9.60. The van der Waals surface area contributed by atoms with Crippen LogP contribution in [0.25, 0.3) is 0 Å². The van der Waals surface area contributed by atoms with Crippen LogP contribution in [-0.4, -0.2) is 24.4 Å². The van der Waals surface area contributed by atoms with E-state index in [4.69, 9.17) is 4.74 Å². The first-order chi connectivity index (χ1) is 5.77. The first kappa shape index (κ1) is 10.0. The number of hydrogen-bond acceptors (Lipinski definition) is 2. The van der Waals surface area contributed by atoms with Gasteiger partial charge in [-0.1, -0.05) is 6.92 Å². The molecule has 0 amide bonds. The third-order valence-electron chi connectivity index (χ3n) is 3.01. The van der Waals surface area contributed by atoms with E-state index >= 15 is 0 Å². The summed E-state index contributed by atoms with van der Waals surface area (Å²) in [5.74, 6) is 0.529. The van der Waals surface area contributed by atoms with Gasteiger partial charge in [0.25, 0.3) is 0 Å². The average Bonchev–Trinajstić information content (AvgIpc) is 2.17. The Morgan fingerprint density at radius 2 is 1.92 bits per heavy atom. The quantitative estimate of drug-likeness (QED) is 0.705. The van der Waals surface area contributed by atoms with Crippen LogP contribution >= 0.6 is 0 Å². The second kappa shape index (κ2) is 4.83. The molecule has 72 valence electrons. The summed E-state index contributed by atoms with van der Waals surface area (Å²) in [7, 11) is 1.78. The SMILES string of the molecule is CCC(O)C1CCC(OC)CC1. The lowest BCUT2D eigenvalue weighted by molar-refractivity contribution is 0.0181. The van der Waals surface area contributed by atoms with Crippen LogP contribution in [0.2, 0.25) is 0 Å². The number of ether oxygens (including phenoxy) is 1. The minimum Gasteiger partial charge on any atom is -0.393 e. The highest BCUT2D eigenvalue weighted by atomic mass is 16.5. The molecule has 0 radical (unpaired) electrons. The Labute approximate surface area is 74.9 Å². The molecular formula is C10H20O2. The lowest BCUT2D eigenvalue weighted by Gasteiger charge is -2.30. The highest BCUT2D eigenvalue weighted by molar-refractivity contribution is 4.76. The monoisotopic (exact) mass is 172 g/mol. The summed E-state index contributed by atoms with van der Waals surface area (Å²) in [6.45, 7) is 2.05. The van der Waals surface area contributed by atoms with Gasteiger partial charge in [0.2, 0.25) is 0 Å². The van der Waals surface area contributed by atoms with Gasteiger partial charge in [0.15, 0.2) is 0 Å². The van der Waals surface area contributed by atoms with Gasteiger partial charge in [0.05, 0.1) is 12.2 Å². The maximum atomic E-state index is 9.60. The smallest absolute Gasteiger partial charge is 0.0571 e. The Bertz CT molecular complexity index is 117. The summed E-state index contributed by atoms with van der Waals surface area (Å²) in [4.78, 5) is 0. The summed E-state index contributed by atoms with van der Waals surface area (Å²) in [5, 5.41) is 9.60. The lowest BCUT2D eigenvalue weighted by Crippen LogP contribution is -2.27. The molecule has 0 heterocycles. The fourth-order valence-corrected chi connectivity index (χ4v) is 2.04. The summed E-state index contributed by atoms with van der Waals surface area (Å²) in [5.41, 5.74) is 0. The molecule has 0 aliphatic heterocycles. The minimum atomic E-state index is -0.0807. The molecule has 1 unspecified atom stereocenters. The van der Waals surface area contributed by atoms with Crippen molar-refractivity contribution in [1.29, 1.82) is 0 Å². The van der Waals surface area contributed by atoms with E-state index in [0.717, 1.165) is 32.1 Å². The zero-order chi connectivity index (χ0) is 8.97. The van der Waals surface area contributed by atoms with Crippen molar-refractivity contribution in [2.45, 2.75) is 51.2 Å². The van der Waals surface area contributed by atoms with Crippen molar-refractivity contribution >= 4 is 0 Å². The molecule has 1 atom stereocenters. The highest BCUT2D eigenvalue weighted by Crippen LogP contribution is 2.29. The lowest BCUT2D eigenvalue weighted by atomic mass is 9.83. The van der Waals surface area contributed by atoms with Crippen molar-refractivity contribution in [3.8, 4) is 0 Å². The second-order valence-corrected chi connectivity index (χ2v) is 3.75. The van der Waals surface area contributed by atoms with E-state index in [-0.39, 0.29) is 6.10 Å². The summed E-state index contributed by atoms with van der Waals surface area (Å²) in [6.07, 6.45) is 5.77. The van der Waals surface area contributed by atoms with E-state index in [2.05, 4.69) is 0 Å². The van der Waals surface area contributed by atoms with Gasteiger partial charge >= 0.3 is 0 Å². The third-order valence-corrected chi connectivity index (χ3v) is 3.01. The van der Waals surface area contributed by atoms with Gasteiger partial charge < -0.3 is 9.84 Å². The van der Waals surface area contributed by atoms with Crippen LogP contribution in [-0.2, 0) is 4.74 Å². The molecule has 0 bridgehead atoms. The normalized spacial score (nSPS) is 33.2. The Balaban J connectivity index is 2.25. The fourth-order valence-electron chi connectivity index (χ4n) is 2.04. The molecule has 1 N–H and O–H groups in total. The second-order valence-electron chi connectivity index (χ2n) is 3.75. The molecule has 0 spiro atoms. The first-order valence-corrected chi connectivity index (χ1v) is 4.98. The Hall–Kier alpha value is -0.0800. The van der Waals surface area contributed by atoms with Crippen molar-refractivity contribution in [2.24, 2.45) is 5.92 Å². The topological polar surface area (TPSA) is 29.5 Å². The average molecular weight is 172 g/mol. The van der Waals surface area contributed by atoms with E-state index in [1.165, 1.54) is 0 Å². The number of rotatable bonds is 3. The van der Waals surface area contributed by atoms with Gasteiger partial charge in [-0.2, -0.15) is 0 Å². The molecule has 2 nitrogen and oxygen atoms in total. The van der Waals surface area contributed by atoms with Crippen LogP contribution in [0.3, 0.4) is 0 Å². The van der Waals surface area contributed by atoms with E-state index < -0.39 is 0 Å². The number of methoxy groups -OCH3 is 1. The molecule has 0 saturated heterocycles. The summed E-state index contributed by atoms with van der Waals surface area (Å²) >= 11 is 0. The Morgan fingerprint density at radius 3 is 2.33 bits per heavy atom. The van der Waals surface area contributed by atoms with Crippen molar-refractivity contribution in [1.82, 2.24) is 0 Å². The van der Waals surface area contributed by atoms with Gasteiger partial charge in [-0.25, -0.2) is 0 Å². The van der Waals surface area contributed by atoms with Crippen LogP contribution in [0.15, 0.2) is 0 Å². The largest absolute Gasteiger partial charge is 0.393 e. The van der Waals surface area contributed by atoms with E-state index in [9.17, 15) is 5.11 Å². The molecule has 1 saturated carbocycles. The fraction of sp³-hybridized carbons (Fsp3) is 1.00. The maximum Gasteiger partial charge on any atom is 0.0571 e. The zero-order valence-electron chi connectivity index (χ0n) is 8.12. The Morgan fingerprint density at radius 1 is 1.33 bits per heavy atom. The molecule has 12 heavy (non-hydrogen) atoms. The highest BCUT2D eigenvalue weighted by Gasteiger charge is 2.24. The van der Waals surface area contributed by atoms with Crippen LogP contribution in [0, 0.1) is 5.92 Å². The van der Waals surface area contributed by atoms with Crippen molar-refractivity contribution < 1.29 is 9.84 Å². The molecule has 1 rings (SSSR count). The van der Waals surface area contributed by atoms with Crippen LogP contribution in [0.4, 0.5) is 0 Å². The van der Waals surface area contributed by atoms with E-state index in [0.29, 0.717) is 12.0 Å². The van der Waals surface area contributed by atoms with Gasteiger partial charge in [-0.05, 0) is 38.0 Å². The number of aliphatic hydroxyl groups excluding tert-OH is 1. The van der Waals surface area contributed by atoms with Crippen molar-refractivity contribution in [3.05, 3.63) is 0 Å². The van der Waals surface area contributed by atoms with Gasteiger partial charge in [0.1, 0.15) is 0 Å². The van der Waals surface area contributed by atoms with E-state index in [1.807, 2.05) is 6.92 Å². The third kappa shape index (κ3) is 2.46. The summed E-state index contributed by atoms with van der Waals surface area (Å²) < 4.78 is 5.27. The van der Waals surface area contributed by atoms with Gasteiger partial charge in [-0.3, -0.25) is 0 Å². The molecule has 2 heteroatoms. The molecule has 1 fully saturated rings. The van der Waals surface area contributed by atoms with Crippen LogP contribution < -0.4 is 0 Å². The number of aliphatic hydroxyl groups is 1. The van der Waals surface area contributed by atoms with Crippen LogP contribution in [0.1, 0.15) is 39.0 Å². The minimum absolute atomic E-state index is 0.0807. The molecular weight excluding hydrogens is 152 g/mol. The number of hydrogen-bond donors (Lipinski definition) is 1. The van der Waals surface area contributed by atoms with E-state index in [1.54, 1.807) is 7.11 Å². The standard InChI is InChI=1S/C10H20O2/c1-3-10(11)8-4-6-9(12-2)7-5-8/h8-11H,3-7H2,1-2H3. The molecule has 1 aliphatic carbocycles. The predicted octanol–water partition coefficient (Wildman–Crippen LogP) is 1.96. The van der Waals surface area contributed by atoms with Crippen molar-refractivity contribution in [2.75, 3.05) is 7.11 Å². The van der Waals surface area contributed by atoms with Crippen LogP contribution in [0.5, 0.6) is 0 Å². The van der Waals surface area contributed by atoms with Crippen molar-refractivity contribution in [3.63, 3.8) is 0 Å². The molecule has 0 aromatic rings. The van der Waals surface area contributed by atoms with Gasteiger partial charge in [0, 0.05) is 7.11 Å². The van der Waals surface area contributed by atoms with Gasteiger partial charge in [-0.15, -0.1) is 0 Å². The molecule has 1 aliphatic rings. The molecule has 0 aromatic heterocycles. The Kier molecular flexibility index (Phi) is 4.02. The first-order valence-electron chi connectivity index (χ1n) is 4.98. The summed E-state index contributed by atoms with van der Waals surface area (Å²) in [6, 6.07) is 0. The molecule has 0 aromatic carbocycles. The zero-order valence-corrected chi connectivity index (χ0v) is 8.12. The predicted molar refractivity (Wildman–Crippen MR) is 49.1 cm³/mol.